The average Bonchev–Trinajstić information content (AvgIpc) is 2.48. The zero-order valence-electron chi connectivity index (χ0n) is 15.2. The van der Waals surface area contributed by atoms with Crippen LogP contribution in [0, 0.1) is 34.6 Å². The molecule has 0 saturated carbocycles. The predicted molar refractivity (Wildman–Crippen MR) is 96.5 cm³/mol. The van der Waals surface area contributed by atoms with E-state index in [1.165, 1.54) is 11.1 Å². The first-order chi connectivity index (χ1) is 10.9. The van der Waals surface area contributed by atoms with Gasteiger partial charge in [0, 0.05) is 11.3 Å². The van der Waals surface area contributed by atoms with E-state index >= 15 is 0 Å². The predicted octanol–water partition coefficient (Wildman–Crippen LogP) is 4.87. The summed E-state index contributed by atoms with van der Waals surface area (Å²) in [5.74, 6) is 1.95. The van der Waals surface area contributed by atoms with Gasteiger partial charge in [-0.2, -0.15) is 0 Å². The van der Waals surface area contributed by atoms with Crippen molar-refractivity contribution in [3.63, 3.8) is 0 Å². The molecular formula is C20H28N2O. The Labute approximate surface area is 139 Å². The molecule has 1 heterocycles. The molecule has 1 unspecified atom stereocenters. The van der Waals surface area contributed by atoms with Crippen molar-refractivity contribution in [3.8, 4) is 11.6 Å². The first kappa shape index (κ1) is 17.5. The maximum Gasteiger partial charge on any atom is 0.222 e. The monoisotopic (exact) mass is 312 g/mol. The first-order valence-corrected chi connectivity index (χ1v) is 8.31. The molecule has 0 fully saturated rings. The number of pyridine rings is 1. The fraction of sp³-hybridized carbons (Fsp3) is 0.450. The van der Waals surface area contributed by atoms with Gasteiger partial charge in [-0.1, -0.05) is 24.6 Å². The molecule has 1 aromatic heterocycles. The van der Waals surface area contributed by atoms with Crippen LogP contribution in [0.25, 0.3) is 0 Å². The van der Waals surface area contributed by atoms with Crippen LogP contribution in [0.5, 0.6) is 11.6 Å². The Kier molecular flexibility index (Phi) is 5.42. The van der Waals surface area contributed by atoms with Crippen LogP contribution in [0.15, 0.2) is 18.2 Å². The van der Waals surface area contributed by atoms with E-state index in [1.807, 2.05) is 6.92 Å². The van der Waals surface area contributed by atoms with E-state index in [0.717, 1.165) is 34.6 Å². The molecule has 0 aliphatic heterocycles. The maximum absolute atomic E-state index is 6.23. The van der Waals surface area contributed by atoms with Crippen LogP contribution in [0.3, 0.4) is 0 Å². The molecule has 2 N–H and O–H groups in total. The maximum atomic E-state index is 6.23. The van der Waals surface area contributed by atoms with Crippen LogP contribution in [-0.2, 0) is 0 Å². The Morgan fingerprint density at radius 3 is 2.17 bits per heavy atom. The standard InChI is InChI=1S/C20H28N2O/c1-7-17(11-21)18-10-15(5)22-20(16(18)6)23-19-13(3)8-12(2)9-14(19)4/h8-10,17H,7,11,21H2,1-6H3. The van der Waals surface area contributed by atoms with Crippen molar-refractivity contribution >= 4 is 0 Å². The Bertz CT molecular complexity index is 680. The van der Waals surface area contributed by atoms with E-state index in [-0.39, 0.29) is 0 Å². The largest absolute Gasteiger partial charge is 0.438 e. The highest BCUT2D eigenvalue weighted by atomic mass is 16.5. The minimum atomic E-state index is 0.347. The number of hydrogen-bond donors (Lipinski definition) is 1. The Morgan fingerprint density at radius 1 is 1.04 bits per heavy atom. The number of nitrogens with zero attached hydrogens (tertiary/aromatic N) is 1. The minimum absolute atomic E-state index is 0.347. The summed E-state index contributed by atoms with van der Waals surface area (Å²) in [6, 6.07) is 6.42. The van der Waals surface area contributed by atoms with Gasteiger partial charge in [0.15, 0.2) is 0 Å². The number of benzene rings is 1. The van der Waals surface area contributed by atoms with Crippen molar-refractivity contribution in [2.24, 2.45) is 5.73 Å². The van der Waals surface area contributed by atoms with Crippen molar-refractivity contribution in [1.29, 1.82) is 0 Å². The summed E-state index contributed by atoms with van der Waals surface area (Å²) in [4.78, 5) is 4.62. The molecule has 23 heavy (non-hydrogen) atoms. The van der Waals surface area contributed by atoms with E-state index in [4.69, 9.17) is 10.5 Å². The molecule has 3 heteroatoms. The van der Waals surface area contributed by atoms with Gasteiger partial charge in [-0.3, -0.25) is 0 Å². The van der Waals surface area contributed by atoms with E-state index in [1.54, 1.807) is 0 Å². The molecular weight excluding hydrogens is 284 g/mol. The summed E-state index contributed by atoms with van der Waals surface area (Å²) in [6.07, 6.45) is 1.02. The van der Waals surface area contributed by atoms with Gasteiger partial charge < -0.3 is 10.5 Å². The van der Waals surface area contributed by atoms with Gasteiger partial charge in [-0.25, -0.2) is 4.98 Å². The summed E-state index contributed by atoms with van der Waals surface area (Å²) in [5.41, 5.74) is 12.8. The highest BCUT2D eigenvalue weighted by molar-refractivity contribution is 5.47. The summed E-state index contributed by atoms with van der Waals surface area (Å²) in [5, 5.41) is 0. The van der Waals surface area contributed by atoms with E-state index in [0.29, 0.717) is 18.3 Å². The lowest BCUT2D eigenvalue weighted by molar-refractivity contribution is 0.448. The smallest absolute Gasteiger partial charge is 0.222 e. The summed E-state index contributed by atoms with van der Waals surface area (Å²) in [7, 11) is 0. The molecule has 2 aromatic rings. The van der Waals surface area contributed by atoms with Gasteiger partial charge in [-0.15, -0.1) is 0 Å². The molecule has 0 bridgehead atoms. The van der Waals surface area contributed by atoms with Gasteiger partial charge in [0.05, 0.1) is 0 Å². The number of rotatable bonds is 5. The second-order valence-corrected chi connectivity index (χ2v) is 6.45. The third-order valence-corrected chi connectivity index (χ3v) is 4.42. The third-order valence-electron chi connectivity index (χ3n) is 4.42. The molecule has 0 aliphatic carbocycles. The number of nitrogens with two attached hydrogens (primary N) is 1. The number of ether oxygens (including phenoxy) is 1. The summed E-state index contributed by atoms with van der Waals surface area (Å²) >= 11 is 0. The van der Waals surface area contributed by atoms with Gasteiger partial charge in [-0.05, 0) is 76.3 Å². The Morgan fingerprint density at radius 2 is 1.65 bits per heavy atom. The molecule has 1 atom stereocenters. The molecule has 0 radical (unpaired) electrons. The molecule has 1 aromatic carbocycles. The zero-order valence-corrected chi connectivity index (χ0v) is 15.2. The normalized spacial score (nSPS) is 12.3. The second kappa shape index (κ2) is 7.14. The van der Waals surface area contributed by atoms with Crippen LogP contribution in [-0.4, -0.2) is 11.5 Å². The zero-order chi connectivity index (χ0) is 17.1. The third kappa shape index (κ3) is 3.73. The van der Waals surface area contributed by atoms with Crippen molar-refractivity contribution < 1.29 is 4.74 Å². The lowest BCUT2D eigenvalue weighted by Gasteiger charge is -2.20. The van der Waals surface area contributed by atoms with Crippen molar-refractivity contribution in [2.45, 2.75) is 53.9 Å². The fourth-order valence-corrected chi connectivity index (χ4v) is 3.19. The van der Waals surface area contributed by atoms with Crippen molar-refractivity contribution in [3.05, 3.63) is 51.7 Å². The quantitative estimate of drug-likeness (QED) is 0.857. The number of hydrogen-bond acceptors (Lipinski definition) is 3. The van der Waals surface area contributed by atoms with E-state index < -0.39 is 0 Å². The molecule has 0 saturated heterocycles. The highest BCUT2D eigenvalue weighted by Crippen LogP contribution is 2.34. The van der Waals surface area contributed by atoms with Crippen molar-refractivity contribution in [2.75, 3.05) is 6.54 Å². The van der Waals surface area contributed by atoms with Crippen LogP contribution in [0.4, 0.5) is 0 Å². The topological polar surface area (TPSA) is 48.1 Å². The Balaban J connectivity index is 2.49. The summed E-state index contributed by atoms with van der Waals surface area (Å²) < 4.78 is 6.23. The van der Waals surface area contributed by atoms with Crippen LogP contribution in [0.2, 0.25) is 0 Å². The molecule has 0 spiro atoms. The second-order valence-electron chi connectivity index (χ2n) is 6.45. The first-order valence-electron chi connectivity index (χ1n) is 8.31. The summed E-state index contributed by atoms with van der Waals surface area (Å²) in [6.45, 7) is 13.2. The lowest BCUT2D eigenvalue weighted by atomic mass is 9.93. The molecule has 2 rings (SSSR count). The number of aryl methyl sites for hydroxylation is 4. The van der Waals surface area contributed by atoms with Gasteiger partial charge in [0.2, 0.25) is 5.88 Å². The minimum Gasteiger partial charge on any atom is -0.438 e. The molecule has 124 valence electrons. The van der Waals surface area contributed by atoms with Crippen LogP contribution >= 0.6 is 0 Å². The SMILES string of the molecule is CCC(CN)c1cc(C)nc(Oc2c(C)cc(C)cc2C)c1C. The van der Waals surface area contributed by atoms with Crippen molar-refractivity contribution in [1.82, 2.24) is 4.98 Å². The van der Waals surface area contributed by atoms with Gasteiger partial charge >= 0.3 is 0 Å². The van der Waals surface area contributed by atoms with Crippen LogP contribution in [0.1, 0.15) is 52.8 Å². The molecule has 0 aliphatic rings. The van der Waals surface area contributed by atoms with E-state index in [2.05, 4.69) is 57.8 Å². The fourth-order valence-electron chi connectivity index (χ4n) is 3.19. The van der Waals surface area contributed by atoms with Gasteiger partial charge in [0.25, 0.3) is 0 Å². The molecule has 3 nitrogen and oxygen atoms in total. The van der Waals surface area contributed by atoms with Gasteiger partial charge in [0.1, 0.15) is 5.75 Å². The number of aromatic nitrogens is 1. The molecule has 0 amide bonds. The Hall–Kier alpha value is -1.87. The highest BCUT2D eigenvalue weighted by Gasteiger charge is 2.17. The lowest BCUT2D eigenvalue weighted by Crippen LogP contribution is -2.14. The van der Waals surface area contributed by atoms with E-state index in [9.17, 15) is 0 Å². The van der Waals surface area contributed by atoms with Crippen LogP contribution < -0.4 is 10.5 Å². The average molecular weight is 312 g/mol.